The van der Waals surface area contributed by atoms with Crippen LogP contribution >= 0.6 is 11.6 Å². The largest absolute Gasteiger partial charge is 0.452 e. The number of benzene rings is 3. The summed E-state index contributed by atoms with van der Waals surface area (Å²) in [5.41, 5.74) is 1.36. The van der Waals surface area contributed by atoms with Gasteiger partial charge in [0, 0.05) is 24.7 Å². The molecule has 9 heteroatoms. The zero-order valence-corrected chi connectivity index (χ0v) is 22.6. The molecule has 7 nitrogen and oxygen atoms in total. The molecule has 192 valence electrons. The van der Waals surface area contributed by atoms with Crippen molar-refractivity contribution in [2.24, 2.45) is 0 Å². The molecule has 0 radical (unpaired) electrons. The average Bonchev–Trinajstić information content (AvgIpc) is 2.85. The Morgan fingerprint density at radius 2 is 1.57 bits per heavy atom. The zero-order chi connectivity index (χ0) is 27.1. The highest BCUT2D eigenvalue weighted by Gasteiger charge is 2.23. The number of fused-ring (bicyclic) bond motifs is 1. The Morgan fingerprint density at radius 1 is 0.946 bits per heavy atom. The maximum absolute atomic E-state index is 13.4. The van der Waals surface area contributed by atoms with Gasteiger partial charge in [-0.2, -0.15) is 0 Å². The first-order valence-corrected chi connectivity index (χ1v) is 13.2. The zero-order valence-electron chi connectivity index (χ0n) is 21.0. The maximum atomic E-state index is 13.4. The van der Waals surface area contributed by atoms with Crippen LogP contribution in [0.4, 0.5) is 0 Å². The molecular weight excluding hydrogens is 514 g/mol. The van der Waals surface area contributed by atoms with Crippen molar-refractivity contribution < 1.29 is 22.4 Å². The van der Waals surface area contributed by atoms with Gasteiger partial charge in [0.15, 0.2) is 5.76 Å². The van der Waals surface area contributed by atoms with Crippen molar-refractivity contribution >= 4 is 38.6 Å². The van der Waals surface area contributed by atoms with E-state index in [0.717, 1.165) is 9.87 Å². The first-order valence-electron chi connectivity index (χ1n) is 11.4. The third-order valence-corrected chi connectivity index (χ3v) is 7.95. The third-order valence-electron chi connectivity index (χ3n) is 5.89. The molecule has 0 atom stereocenters. The van der Waals surface area contributed by atoms with E-state index < -0.39 is 21.4 Å². The minimum Gasteiger partial charge on any atom is -0.452 e. The maximum Gasteiger partial charge on any atom is 0.343 e. The van der Waals surface area contributed by atoms with Gasteiger partial charge in [0.1, 0.15) is 5.58 Å². The van der Waals surface area contributed by atoms with Gasteiger partial charge in [0.25, 0.3) is 0 Å². The molecule has 4 aromatic rings. The summed E-state index contributed by atoms with van der Waals surface area (Å²) < 4.78 is 37.4. The standard InChI is InChI=1S/C28H26ClNO6S/c1-28(2,3)19-10-6-17(7-11-19)25-26(24(31)22-16-20(29)12-15-23(22)35-25)36-27(32)18-8-13-21(14-9-18)37(33,34)30(4)5/h6-16H,1-5H3. The Hall–Kier alpha value is -3.46. The van der Waals surface area contributed by atoms with Gasteiger partial charge in [-0.05, 0) is 53.4 Å². The molecular formula is C28H26ClNO6S. The van der Waals surface area contributed by atoms with E-state index in [-0.39, 0.29) is 32.8 Å². The van der Waals surface area contributed by atoms with Crippen LogP contribution in [0.3, 0.4) is 0 Å². The Morgan fingerprint density at radius 3 is 2.14 bits per heavy atom. The second-order valence-electron chi connectivity index (χ2n) is 9.76. The van der Waals surface area contributed by atoms with E-state index in [4.69, 9.17) is 20.8 Å². The molecule has 0 unspecified atom stereocenters. The summed E-state index contributed by atoms with van der Waals surface area (Å²) in [7, 11) is -0.837. The van der Waals surface area contributed by atoms with Crippen molar-refractivity contribution in [1.29, 1.82) is 0 Å². The summed E-state index contributed by atoms with van der Waals surface area (Å²) in [6.45, 7) is 6.26. The molecule has 0 bridgehead atoms. The molecule has 1 aromatic heterocycles. The molecule has 0 saturated heterocycles. The van der Waals surface area contributed by atoms with Crippen LogP contribution in [-0.2, 0) is 15.4 Å². The lowest BCUT2D eigenvalue weighted by Gasteiger charge is -2.19. The van der Waals surface area contributed by atoms with E-state index in [2.05, 4.69) is 20.8 Å². The van der Waals surface area contributed by atoms with E-state index in [1.165, 1.54) is 44.4 Å². The van der Waals surface area contributed by atoms with Crippen molar-refractivity contribution in [2.45, 2.75) is 31.1 Å². The summed E-state index contributed by atoms with van der Waals surface area (Å²) in [6, 6.07) is 17.4. The van der Waals surface area contributed by atoms with Crippen LogP contribution in [0.1, 0.15) is 36.7 Å². The fraction of sp³-hybridized carbons (Fsp3) is 0.214. The van der Waals surface area contributed by atoms with Gasteiger partial charge in [-0.15, -0.1) is 0 Å². The Balaban J connectivity index is 1.80. The summed E-state index contributed by atoms with van der Waals surface area (Å²) in [4.78, 5) is 26.5. The van der Waals surface area contributed by atoms with E-state index in [0.29, 0.717) is 16.2 Å². The Kier molecular flexibility index (Phi) is 7.03. The molecule has 0 amide bonds. The topological polar surface area (TPSA) is 93.9 Å². The number of carbonyl (C=O) groups excluding carboxylic acids is 1. The van der Waals surface area contributed by atoms with Gasteiger partial charge in [0.05, 0.1) is 15.8 Å². The lowest BCUT2D eigenvalue weighted by atomic mass is 9.86. The first kappa shape index (κ1) is 26.6. The molecule has 0 fully saturated rings. The number of sulfonamides is 1. The lowest BCUT2D eigenvalue weighted by Crippen LogP contribution is -2.22. The monoisotopic (exact) mass is 539 g/mol. The predicted molar refractivity (Wildman–Crippen MR) is 144 cm³/mol. The highest BCUT2D eigenvalue weighted by molar-refractivity contribution is 7.89. The molecule has 0 saturated carbocycles. The number of hydrogen-bond acceptors (Lipinski definition) is 6. The number of carbonyl (C=O) groups is 1. The van der Waals surface area contributed by atoms with Gasteiger partial charge in [-0.3, -0.25) is 4.79 Å². The van der Waals surface area contributed by atoms with Crippen LogP contribution in [0.2, 0.25) is 5.02 Å². The average molecular weight is 540 g/mol. The number of esters is 1. The summed E-state index contributed by atoms with van der Waals surface area (Å²) in [5.74, 6) is -1.02. The second-order valence-corrected chi connectivity index (χ2v) is 12.3. The molecule has 1 heterocycles. The summed E-state index contributed by atoms with van der Waals surface area (Å²) >= 11 is 6.09. The summed E-state index contributed by atoms with van der Waals surface area (Å²) in [5, 5.41) is 0.495. The van der Waals surface area contributed by atoms with Crippen molar-refractivity contribution in [2.75, 3.05) is 14.1 Å². The van der Waals surface area contributed by atoms with Gasteiger partial charge in [-0.25, -0.2) is 17.5 Å². The van der Waals surface area contributed by atoms with Crippen LogP contribution < -0.4 is 10.2 Å². The van der Waals surface area contributed by atoms with Gasteiger partial charge < -0.3 is 9.15 Å². The molecule has 3 aromatic carbocycles. The van der Waals surface area contributed by atoms with Crippen LogP contribution in [0.25, 0.3) is 22.3 Å². The van der Waals surface area contributed by atoms with Crippen LogP contribution in [-0.4, -0.2) is 32.8 Å². The smallest absolute Gasteiger partial charge is 0.343 e. The number of nitrogens with zero attached hydrogens (tertiary/aromatic N) is 1. The number of halogens is 1. The summed E-state index contributed by atoms with van der Waals surface area (Å²) in [6.07, 6.45) is 0. The van der Waals surface area contributed by atoms with Crippen molar-refractivity contribution in [1.82, 2.24) is 4.31 Å². The molecule has 37 heavy (non-hydrogen) atoms. The fourth-order valence-electron chi connectivity index (χ4n) is 3.68. The first-order chi connectivity index (χ1) is 17.3. The van der Waals surface area contributed by atoms with E-state index >= 15 is 0 Å². The molecule has 0 aliphatic rings. The number of hydrogen-bond donors (Lipinski definition) is 0. The number of ether oxygens (including phenoxy) is 1. The Labute approximate surface area is 220 Å². The molecule has 4 rings (SSSR count). The number of rotatable bonds is 5. The fourth-order valence-corrected chi connectivity index (χ4v) is 4.75. The van der Waals surface area contributed by atoms with Gasteiger partial charge >= 0.3 is 5.97 Å². The molecule has 0 spiro atoms. The van der Waals surface area contributed by atoms with Crippen LogP contribution in [0.5, 0.6) is 5.75 Å². The normalized spacial score (nSPS) is 12.2. The highest BCUT2D eigenvalue weighted by atomic mass is 35.5. The van der Waals surface area contributed by atoms with E-state index in [9.17, 15) is 18.0 Å². The van der Waals surface area contributed by atoms with Crippen molar-refractivity contribution in [3.05, 3.63) is 93.1 Å². The second kappa shape index (κ2) is 9.78. The molecule has 0 N–H and O–H groups in total. The highest BCUT2D eigenvalue weighted by Crippen LogP contribution is 2.34. The Bertz CT molecular complexity index is 1650. The third kappa shape index (κ3) is 5.32. The lowest BCUT2D eigenvalue weighted by molar-refractivity contribution is 0.0731. The van der Waals surface area contributed by atoms with Crippen molar-refractivity contribution in [3.63, 3.8) is 0 Å². The van der Waals surface area contributed by atoms with Crippen LogP contribution in [0, 0.1) is 0 Å². The minimum absolute atomic E-state index is 0.0218. The molecule has 0 aliphatic heterocycles. The minimum atomic E-state index is -3.67. The SMILES string of the molecule is CN(C)S(=O)(=O)c1ccc(C(=O)Oc2c(-c3ccc(C(C)(C)C)cc3)oc3ccc(Cl)cc3c2=O)cc1. The van der Waals surface area contributed by atoms with Gasteiger partial charge in [-0.1, -0.05) is 56.6 Å². The van der Waals surface area contributed by atoms with E-state index in [1.54, 1.807) is 24.3 Å². The van der Waals surface area contributed by atoms with Crippen LogP contribution in [0.15, 0.2) is 80.8 Å². The van der Waals surface area contributed by atoms with Crippen molar-refractivity contribution in [3.8, 4) is 17.1 Å². The van der Waals surface area contributed by atoms with E-state index in [1.807, 2.05) is 12.1 Å². The molecule has 0 aliphatic carbocycles. The van der Waals surface area contributed by atoms with Gasteiger partial charge in [0.2, 0.25) is 21.2 Å². The predicted octanol–water partition coefficient (Wildman–Crippen LogP) is 5.88. The quantitative estimate of drug-likeness (QED) is 0.294.